The maximum Gasteiger partial charge on any atom is 0.325 e. The molecule has 1 spiro atoms. The van der Waals surface area contributed by atoms with Gasteiger partial charge in [0, 0.05) is 16.3 Å². The van der Waals surface area contributed by atoms with Crippen LogP contribution in [0.5, 0.6) is 0 Å². The minimum Gasteiger partial charge on any atom is -0.337 e. The highest BCUT2D eigenvalue weighted by atomic mass is 35.5. The third kappa shape index (κ3) is 2.55. The van der Waals surface area contributed by atoms with E-state index in [1.165, 1.54) is 0 Å². The van der Waals surface area contributed by atoms with Crippen LogP contribution in [0.1, 0.15) is 12.3 Å². The van der Waals surface area contributed by atoms with Crippen molar-refractivity contribution in [2.75, 3.05) is 11.5 Å². The van der Waals surface area contributed by atoms with Crippen LogP contribution in [-0.4, -0.2) is 44.0 Å². The Morgan fingerprint density at radius 2 is 2.29 bits per heavy atom. The van der Waals surface area contributed by atoms with Crippen molar-refractivity contribution in [2.24, 2.45) is 0 Å². The lowest BCUT2D eigenvalue weighted by molar-refractivity contribution is -0.131. The summed E-state index contributed by atoms with van der Waals surface area (Å²) in [5, 5.41) is 7.26. The zero-order valence-electron chi connectivity index (χ0n) is 12.5. The molecule has 4 rings (SSSR count). The van der Waals surface area contributed by atoms with E-state index in [-0.39, 0.29) is 18.3 Å². The third-order valence-electron chi connectivity index (χ3n) is 4.11. The fraction of sp³-hybridized carbons (Fsp3) is 0.333. The highest BCUT2D eigenvalue weighted by molar-refractivity contribution is 7.99. The zero-order chi connectivity index (χ0) is 16.7. The summed E-state index contributed by atoms with van der Waals surface area (Å²) in [5.41, 5.74) is -0.0595. The first kappa shape index (κ1) is 15.5. The molecule has 2 aromatic rings. The minimum atomic E-state index is -0.766. The summed E-state index contributed by atoms with van der Waals surface area (Å²) < 4.78 is 5.19. The number of amides is 3. The Balaban J connectivity index is 1.54. The van der Waals surface area contributed by atoms with Gasteiger partial charge in [-0.2, -0.15) is 16.7 Å². The lowest BCUT2D eigenvalue weighted by Crippen LogP contribution is -2.46. The summed E-state index contributed by atoms with van der Waals surface area (Å²) in [5.74, 6) is 1.81. The van der Waals surface area contributed by atoms with Crippen LogP contribution in [0, 0.1) is 0 Å². The number of carbonyl (C=O) groups is 2. The highest BCUT2D eigenvalue weighted by Crippen LogP contribution is 2.34. The molecule has 9 heteroatoms. The smallest absolute Gasteiger partial charge is 0.325 e. The minimum absolute atomic E-state index is 0.0371. The van der Waals surface area contributed by atoms with E-state index in [4.69, 9.17) is 16.1 Å². The molecule has 124 valence electrons. The third-order valence-corrected chi connectivity index (χ3v) is 5.54. The molecule has 2 fully saturated rings. The fourth-order valence-electron chi connectivity index (χ4n) is 2.85. The van der Waals surface area contributed by atoms with Crippen molar-refractivity contribution in [2.45, 2.75) is 18.5 Å². The Labute approximate surface area is 146 Å². The summed E-state index contributed by atoms with van der Waals surface area (Å²) >= 11 is 7.61. The second-order valence-electron chi connectivity index (χ2n) is 5.73. The predicted octanol–water partition coefficient (Wildman–Crippen LogP) is 2.32. The van der Waals surface area contributed by atoms with Gasteiger partial charge in [-0.05, 0) is 24.3 Å². The summed E-state index contributed by atoms with van der Waals surface area (Å²) in [6.45, 7) is -0.0371. The van der Waals surface area contributed by atoms with Crippen molar-refractivity contribution >= 4 is 35.3 Å². The molecular formula is C15H13ClN4O3S. The summed E-state index contributed by atoms with van der Waals surface area (Å²) in [7, 11) is 0. The number of rotatable bonds is 3. The molecule has 1 unspecified atom stereocenters. The number of carbonyl (C=O) groups excluding carboxylic acids is 2. The Morgan fingerprint density at radius 3 is 3.04 bits per heavy atom. The van der Waals surface area contributed by atoms with Crippen LogP contribution in [0.2, 0.25) is 5.02 Å². The molecule has 1 aromatic carbocycles. The lowest BCUT2D eigenvalue weighted by atomic mass is 9.99. The Bertz CT molecular complexity index is 819. The SMILES string of the molecule is O=C1NC2(CCSC2)C(=O)N1Cc1nc(-c2cccc(Cl)c2)no1. The van der Waals surface area contributed by atoms with Gasteiger partial charge < -0.3 is 9.84 Å². The number of nitrogens with one attached hydrogen (secondary N) is 1. The van der Waals surface area contributed by atoms with Crippen LogP contribution in [-0.2, 0) is 11.3 Å². The van der Waals surface area contributed by atoms with Gasteiger partial charge in [-0.15, -0.1) is 0 Å². The van der Waals surface area contributed by atoms with E-state index in [9.17, 15) is 9.59 Å². The molecule has 24 heavy (non-hydrogen) atoms. The zero-order valence-corrected chi connectivity index (χ0v) is 14.1. The number of hydrogen-bond donors (Lipinski definition) is 1. The summed E-state index contributed by atoms with van der Waals surface area (Å²) in [6.07, 6.45) is 0.649. The number of halogens is 1. The number of nitrogens with zero attached hydrogens (tertiary/aromatic N) is 3. The molecule has 0 bridgehead atoms. The average molecular weight is 365 g/mol. The second kappa shape index (κ2) is 5.78. The first-order valence-electron chi connectivity index (χ1n) is 7.38. The van der Waals surface area contributed by atoms with E-state index >= 15 is 0 Å². The molecule has 2 aliphatic heterocycles. The fourth-order valence-corrected chi connectivity index (χ4v) is 4.37. The van der Waals surface area contributed by atoms with Gasteiger partial charge in [0.1, 0.15) is 12.1 Å². The van der Waals surface area contributed by atoms with Gasteiger partial charge in [-0.3, -0.25) is 9.69 Å². The van der Waals surface area contributed by atoms with Crippen LogP contribution in [0.25, 0.3) is 11.4 Å². The Kier molecular flexibility index (Phi) is 3.73. The number of thioether (sulfide) groups is 1. The summed E-state index contributed by atoms with van der Waals surface area (Å²) in [6, 6.07) is 6.64. The molecule has 0 aliphatic carbocycles. The predicted molar refractivity (Wildman–Crippen MR) is 88.5 cm³/mol. The first-order valence-corrected chi connectivity index (χ1v) is 8.91. The van der Waals surface area contributed by atoms with Crippen LogP contribution in [0.4, 0.5) is 4.79 Å². The van der Waals surface area contributed by atoms with Crippen molar-refractivity contribution in [1.82, 2.24) is 20.4 Å². The first-order chi connectivity index (χ1) is 11.6. The molecular weight excluding hydrogens is 352 g/mol. The van der Waals surface area contributed by atoms with E-state index in [1.807, 2.05) is 0 Å². The molecule has 3 heterocycles. The Morgan fingerprint density at radius 1 is 1.42 bits per heavy atom. The van der Waals surface area contributed by atoms with Gasteiger partial charge in [0.05, 0.1) is 0 Å². The van der Waals surface area contributed by atoms with Crippen molar-refractivity contribution in [3.8, 4) is 11.4 Å². The molecule has 1 aromatic heterocycles. The van der Waals surface area contributed by atoms with Crippen LogP contribution in [0.15, 0.2) is 28.8 Å². The van der Waals surface area contributed by atoms with E-state index in [1.54, 1.807) is 36.0 Å². The standard InChI is InChI=1S/C15H13ClN4O3S/c16-10-3-1-2-9(6-10)12-17-11(23-19-12)7-20-13(21)15(18-14(20)22)4-5-24-8-15/h1-3,6H,4-5,7-8H2,(H,18,22). The number of urea groups is 1. The van der Waals surface area contributed by atoms with E-state index in [2.05, 4.69) is 15.5 Å². The van der Waals surface area contributed by atoms with Gasteiger partial charge in [0.25, 0.3) is 5.91 Å². The van der Waals surface area contributed by atoms with Crippen LogP contribution in [0.3, 0.4) is 0 Å². The number of imide groups is 1. The molecule has 2 aliphatic rings. The molecule has 2 saturated heterocycles. The highest BCUT2D eigenvalue weighted by Gasteiger charge is 2.53. The molecule has 0 radical (unpaired) electrons. The molecule has 3 amide bonds. The largest absolute Gasteiger partial charge is 0.337 e. The van der Waals surface area contributed by atoms with Gasteiger partial charge in [0.2, 0.25) is 11.7 Å². The normalized spacial score (nSPS) is 23.3. The topological polar surface area (TPSA) is 88.3 Å². The van der Waals surface area contributed by atoms with Gasteiger partial charge >= 0.3 is 6.03 Å². The quantitative estimate of drug-likeness (QED) is 0.841. The summed E-state index contributed by atoms with van der Waals surface area (Å²) in [4.78, 5) is 30.1. The van der Waals surface area contributed by atoms with Crippen molar-refractivity contribution < 1.29 is 14.1 Å². The maximum absolute atomic E-state index is 12.6. The van der Waals surface area contributed by atoms with E-state index in [0.717, 1.165) is 10.7 Å². The molecule has 1 N–H and O–H groups in total. The van der Waals surface area contributed by atoms with Gasteiger partial charge in [-0.1, -0.05) is 28.9 Å². The lowest BCUT2D eigenvalue weighted by Gasteiger charge is -2.18. The van der Waals surface area contributed by atoms with Gasteiger partial charge in [-0.25, -0.2) is 4.79 Å². The average Bonchev–Trinajstić information content (AvgIpc) is 3.26. The van der Waals surface area contributed by atoms with E-state index in [0.29, 0.717) is 28.6 Å². The number of benzene rings is 1. The van der Waals surface area contributed by atoms with E-state index < -0.39 is 11.6 Å². The monoisotopic (exact) mass is 364 g/mol. The second-order valence-corrected chi connectivity index (χ2v) is 7.27. The number of aromatic nitrogens is 2. The molecule has 7 nitrogen and oxygen atoms in total. The molecule has 1 atom stereocenters. The van der Waals surface area contributed by atoms with Crippen LogP contribution >= 0.6 is 23.4 Å². The van der Waals surface area contributed by atoms with Gasteiger partial charge in [0.15, 0.2) is 0 Å². The van der Waals surface area contributed by atoms with Crippen molar-refractivity contribution in [1.29, 1.82) is 0 Å². The Hall–Kier alpha value is -2.06. The number of hydrogen-bond acceptors (Lipinski definition) is 6. The van der Waals surface area contributed by atoms with Crippen molar-refractivity contribution in [3.05, 3.63) is 35.2 Å². The maximum atomic E-state index is 12.6. The molecule has 0 saturated carbocycles. The van der Waals surface area contributed by atoms with Crippen molar-refractivity contribution in [3.63, 3.8) is 0 Å². The van der Waals surface area contributed by atoms with Crippen LogP contribution < -0.4 is 5.32 Å².